The second-order valence-corrected chi connectivity index (χ2v) is 5.49. The lowest BCUT2D eigenvalue weighted by Crippen LogP contribution is -2.36. The topological polar surface area (TPSA) is 92.4 Å². The van der Waals surface area contributed by atoms with Crippen molar-refractivity contribution < 1.29 is 14.7 Å². The smallest absolute Gasteiger partial charge is 0.306 e. The molecule has 0 heterocycles. The zero-order chi connectivity index (χ0) is 14.8. The second kappa shape index (κ2) is 5.53. The van der Waals surface area contributed by atoms with Gasteiger partial charge in [0.25, 0.3) is 0 Å². The summed E-state index contributed by atoms with van der Waals surface area (Å²) in [4.78, 5) is 23.0. The number of carbonyl (C=O) groups is 2. The number of hydrogen-bond acceptors (Lipinski definition) is 3. The van der Waals surface area contributed by atoms with E-state index in [0.717, 1.165) is 18.4 Å². The first-order chi connectivity index (χ1) is 9.45. The molecule has 0 spiro atoms. The molecule has 0 bridgehead atoms. The molecule has 2 rings (SSSR count). The van der Waals surface area contributed by atoms with Crippen LogP contribution in [0.15, 0.2) is 24.3 Å². The zero-order valence-electron chi connectivity index (χ0n) is 11.6. The molecule has 0 saturated heterocycles. The van der Waals surface area contributed by atoms with Gasteiger partial charge in [0.1, 0.15) is 0 Å². The molecule has 1 fully saturated rings. The Labute approximate surface area is 118 Å². The highest BCUT2D eigenvalue weighted by Crippen LogP contribution is 2.48. The first kappa shape index (κ1) is 14.4. The molecule has 4 N–H and O–H groups in total. The molecular weight excluding hydrogens is 256 g/mol. The number of rotatable bonds is 6. The van der Waals surface area contributed by atoms with Gasteiger partial charge in [-0.15, -0.1) is 0 Å². The summed E-state index contributed by atoms with van der Waals surface area (Å²) in [5.41, 5.74) is 6.88. The SMILES string of the molecule is CC(CCNC(=O)C1(c2ccc(N)cc2)CC1)C(=O)O. The van der Waals surface area contributed by atoms with Crippen molar-refractivity contribution in [1.82, 2.24) is 5.32 Å². The van der Waals surface area contributed by atoms with Crippen molar-refractivity contribution in [2.45, 2.75) is 31.6 Å². The second-order valence-electron chi connectivity index (χ2n) is 5.49. The van der Waals surface area contributed by atoms with Gasteiger partial charge in [0, 0.05) is 12.2 Å². The van der Waals surface area contributed by atoms with E-state index >= 15 is 0 Å². The maximum Gasteiger partial charge on any atom is 0.306 e. The molecule has 1 aliphatic rings. The highest BCUT2D eigenvalue weighted by Gasteiger charge is 2.50. The van der Waals surface area contributed by atoms with Crippen LogP contribution in [0.4, 0.5) is 5.69 Å². The number of nitrogen functional groups attached to an aromatic ring is 1. The van der Waals surface area contributed by atoms with E-state index in [1.165, 1.54) is 0 Å². The van der Waals surface area contributed by atoms with Crippen LogP contribution in [0, 0.1) is 5.92 Å². The molecule has 1 unspecified atom stereocenters. The third-order valence-corrected chi connectivity index (χ3v) is 3.93. The number of carbonyl (C=O) groups excluding carboxylic acids is 1. The molecule has 108 valence electrons. The number of carboxylic acid groups (broad SMARTS) is 1. The van der Waals surface area contributed by atoms with Crippen molar-refractivity contribution in [1.29, 1.82) is 0 Å². The van der Waals surface area contributed by atoms with Crippen LogP contribution in [-0.4, -0.2) is 23.5 Å². The summed E-state index contributed by atoms with van der Waals surface area (Å²) in [6.45, 7) is 2.03. The minimum absolute atomic E-state index is 0.0140. The predicted molar refractivity (Wildman–Crippen MR) is 76.2 cm³/mol. The molecule has 1 aromatic rings. The Morgan fingerprint density at radius 3 is 2.45 bits per heavy atom. The van der Waals surface area contributed by atoms with E-state index in [-0.39, 0.29) is 5.91 Å². The van der Waals surface area contributed by atoms with Crippen molar-refractivity contribution in [2.24, 2.45) is 5.92 Å². The van der Waals surface area contributed by atoms with Crippen LogP contribution in [-0.2, 0) is 15.0 Å². The Balaban J connectivity index is 1.92. The summed E-state index contributed by atoms with van der Waals surface area (Å²) in [6, 6.07) is 7.38. The lowest BCUT2D eigenvalue weighted by Gasteiger charge is -2.16. The molecule has 0 radical (unpaired) electrons. The van der Waals surface area contributed by atoms with Crippen molar-refractivity contribution in [2.75, 3.05) is 12.3 Å². The number of nitrogens with one attached hydrogen (secondary N) is 1. The van der Waals surface area contributed by atoms with E-state index in [0.29, 0.717) is 18.7 Å². The number of carboxylic acids is 1. The van der Waals surface area contributed by atoms with E-state index in [4.69, 9.17) is 10.8 Å². The quantitative estimate of drug-likeness (QED) is 0.687. The number of amides is 1. The van der Waals surface area contributed by atoms with E-state index in [1.807, 2.05) is 12.1 Å². The summed E-state index contributed by atoms with van der Waals surface area (Å²) in [5, 5.41) is 11.6. The number of benzene rings is 1. The molecule has 1 aliphatic carbocycles. The fourth-order valence-electron chi connectivity index (χ4n) is 2.27. The van der Waals surface area contributed by atoms with Crippen molar-refractivity contribution >= 4 is 17.6 Å². The summed E-state index contributed by atoms with van der Waals surface area (Å²) >= 11 is 0. The van der Waals surface area contributed by atoms with E-state index in [1.54, 1.807) is 19.1 Å². The molecule has 1 amide bonds. The van der Waals surface area contributed by atoms with Crippen LogP contribution in [0.25, 0.3) is 0 Å². The van der Waals surface area contributed by atoms with Crippen LogP contribution in [0.5, 0.6) is 0 Å². The molecule has 5 heteroatoms. The molecule has 20 heavy (non-hydrogen) atoms. The summed E-state index contributed by atoms with van der Waals surface area (Å²) < 4.78 is 0. The Bertz CT molecular complexity index is 506. The fourth-order valence-corrected chi connectivity index (χ4v) is 2.27. The predicted octanol–water partition coefficient (Wildman–Crippen LogP) is 1.53. The standard InChI is InChI=1S/C15H20N2O3/c1-10(13(18)19)6-9-17-14(20)15(7-8-15)11-2-4-12(16)5-3-11/h2-5,10H,6-9,16H2,1H3,(H,17,20)(H,18,19). The van der Waals surface area contributed by atoms with Gasteiger partial charge in [-0.1, -0.05) is 19.1 Å². The van der Waals surface area contributed by atoms with Crippen LogP contribution in [0.2, 0.25) is 0 Å². The van der Waals surface area contributed by atoms with Crippen molar-refractivity contribution in [3.63, 3.8) is 0 Å². The maximum atomic E-state index is 12.3. The van der Waals surface area contributed by atoms with E-state index in [9.17, 15) is 9.59 Å². The van der Waals surface area contributed by atoms with Crippen LogP contribution in [0.1, 0.15) is 31.7 Å². The van der Waals surface area contributed by atoms with Gasteiger partial charge in [-0.05, 0) is 37.0 Å². The van der Waals surface area contributed by atoms with Gasteiger partial charge in [0.15, 0.2) is 0 Å². The van der Waals surface area contributed by atoms with Gasteiger partial charge in [0.2, 0.25) is 5.91 Å². The minimum atomic E-state index is -0.834. The van der Waals surface area contributed by atoms with E-state index in [2.05, 4.69) is 5.32 Å². The normalized spacial score (nSPS) is 17.2. The highest BCUT2D eigenvalue weighted by molar-refractivity contribution is 5.91. The number of hydrogen-bond donors (Lipinski definition) is 3. The monoisotopic (exact) mass is 276 g/mol. The Hall–Kier alpha value is -2.04. The summed E-state index contributed by atoms with van der Waals surface area (Å²) in [6.07, 6.45) is 2.10. The van der Waals surface area contributed by atoms with Crippen LogP contribution < -0.4 is 11.1 Å². The van der Waals surface area contributed by atoms with Gasteiger partial charge < -0.3 is 16.2 Å². The maximum absolute atomic E-state index is 12.3. The van der Waals surface area contributed by atoms with E-state index < -0.39 is 17.3 Å². The molecule has 1 saturated carbocycles. The molecule has 5 nitrogen and oxygen atoms in total. The Morgan fingerprint density at radius 1 is 1.35 bits per heavy atom. The average molecular weight is 276 g/mol. The number of anilines is 1. The first-order valence-corrected chi connectivity index (χ1v) is 6.83. The summed E-state index contributed by atoms with van der Waals surface area (Å²) in [5.74, 6) is -1.29. The van der Waals surface area contributed by atoms with Crippen LogP contribution in [0.3, 0.4) is 0 Å². The minimum Gasteiger partial charge on any atom is -0.481 e. The number of nitrogens with two attached hydrogens (primary N) is 1. The number of aliphatic carboxylic acids is 1. The van der Waals surface area contributed by atoms with Gasteiger partial charge in [-0.2, -0.15) is 0 Å². The molecule has 0 aliphatic heterocycles. The average Bonchev–Trinajstić information content (AvgIpc) is 3.20. The Morgan fingerprint density at radius 2 is 1.95 bits per heavy atom. The first-order valence-electron chi connectivity index (χ1n) is 6.83. The largest absolute Gasteiger partial charge is 0.481 e. The molecule has 0 aromatic heterocycles. The van der Waals surface area contributed by atoms with Gasteiger partial charge >= 0.3 is 5.97 Å². The molecular formula is C15H20N2O3. The van der Waals surface area contributed by atoms with Gasteiger partial charge in [-0.25, -0.2) is 0 Å². The molecule has 1 aromatic carbocycles. The lowest BCUT2D eigenvalue weighted by atomic mass is 9.94. The highest BCUT2D eigenvalue weighted by atomic mass is 16.4. The third-order valence-electron chi connectivity index (χ3n) is 3.93. The molecule has 1 atom stereocenters. The lowest BCUT2D eigenvalue weighted by molar-refractivity contribution is -0.141. The summed E-state index contributed by atoms with van der Waals surface area (Å²) in [7, 11) is 0. The van der Waals surface area contributed by atoms with Gasteiger partial charge in [-0.3, -0.25) is 9.59 Å². The van der Waals surface area contributed by atoms with Crippen LogP contribution >= 0.6 is 0 Å². The van der Waals surface area contributed by atoms with Crippen molar-refractivity contribution in [3.8, 4) is 0 Å². The fraction of sp³-hybridized carbons (Fsp3) is 0.467. The van der Waals surface area contributed by atoms with Gasteiger partial charge in [0.05, 0.1) is 11.3 Å². The Kier molecular flexibility index (Phi) is 3.97. The zero-order valence-corrected chi connectivity index (χ0v) is 11.6. The van der Waals surface area contributed by atoms with Crippen molar-refractivity contribution in [3.05, 3.63) is 29.8 Å². The third kappa shape index (κ3) is 2.92.